The SMILES string of the molecule is COCC1=CC=C(Cl)NC1. The maximum Gasteiger partial charge on any atom is 0.102 e. The summed E-state index contributed by atoms with van der Waals surface area (Å²) in [6.45, 7) is 1.47. The van der Waals surface area contributed by atoms with Gasteiger partial charge in [-0.2, -0.15) is 0 Å². The van der Waals surface area contributed by atoms with E-state index in [1.54, 1.807) is 7.11 Å². The van der Waals surface area contributed by atoms with Gasteiger partial charge in [-0.25, -0.2) is 0 Å². The van der Waals surface area contributed by atoms with E-state index in [9.17, 15) is 0 Å². The van der Waals surface area contributed by atoms with E-state index in [2.05, 4.69) is 5.32 Å². The van der Waals surface area contributed by atoms with Crippen LogP contribution >= 0.6 is 11.6 Å². The second-order valence-corrected chi connectivity index (χ2v) is 2.53. The molecule has 0 aliphatic carbocycles. The first-order valence-electron chi connectivity index (χ1n) is 3.11. The first-order chi connectivity index (χ1) is 4.83. The maximum absolute atomic E-state index is 5.65. The highest BCUT2D eigenvalue weighted by Crippen LogP contribution is 2.06. The Morgan fingerprint density at radius 2 is 2.50 bits per heavy atom. The van der Waals surface area contributed by atoms with Crippen molar-refractivity contribution in [2.24, 2.45) is 0 Å². The number of nitrogens with one attached hydrogen (secondary N) is 1. The molecule has 0 radical (unpaired) electrons. The van der Waals surface area contributed by atoms with Gasteiger partial charge in [0.25, 0.3) is 0 Å². The minimum Gasteiger partial charge on any atom is -0.380 e. The Morgan fingerprint density at radius 1 is 1.70 bits per heavy atom. The third kappa shape index (κ3) is 2.05. The van der Waals surface area contributed by atoms with Crippen LogP contribution in [0.4, 0.5) is 0 Å². The molecule has 0 saturated carbocycles. The lowest BCUT2D eigenvalue weighted by molar-refractivity contribution is 0.224. The largest absolute Gasteiger partial charge is 0.380 e. The van der Waals surface area contributed by atoms with Crippen molar-refractivity contribution in [3.05, 3.63) is 22.9 Å². The van der Waals surface area contributed by atoms with Crippen molar-refractivity contribution in [3.63, 3.8) is 0 Å². The molecular formula is C7H10ClNO. The summed E-state index contributed by atoms with van der Waals surface area (Å²) in [5.74, 6) is 0. The van der Waals surface area contributed by atoms with Crippen LogP contribution in [0.1, 0.15) is 0 Å². The molecule has 1 rings (SSSR count). The Balaban J connectivity index is 2.47. The highest BCUT2D eigenvalue weighted by Gasteiger charge is 2.01. The van der Waals surface area contributed by atoms with Gasteiger partial charge in [-0.1, -0.05) is 17.7 Å². The van der Waals surface area contributed by atoms with Crippen LogP contribution in [-0.2, 0) is 4.74 Å². The van der Waals surface area contributed by atoms with Gasteiger partial charge < -0.3 is 10.1 Å². The minimum absolute atomic E-state index is 0.674. The summed E-state index contributed by atoms with van der Waals surface area (Å²) in [5, 5.41) is 3.69. The number of dihydropyridines is 1. The number of halogens is 1. The molecule has 1 aliphatic rings. The smallest absolute Gasteiger partial charge is 0.102 e. The second-order valence-electron chi connectivity index (χ2n) is 2.13. The predicted octanol–water partition coefficient (Wildman–Crippen LogP) is 1.24. The Morgan fingerprint density at radius 3 is 3.00 bits per heavy atom. The number of rotatable bonds is 2. The van der Waals surface area contributed by atoms with Gasteiger partial charge >= 0.3 is 0 Å². The molecule has 0 amide bonds. The molecule has 0 aromatic carbocycles. The summed E-state index contributed by atoms with van der Waals surface area (Å²) in [6, 6.07) is 0. The standard InChI is InChI=1S/C7H10ClNO/c1-10-5-6-2-3-7(8)9-4-6/h2-3,9H,4-5H2,1H3. The quantitative estimate of drug-likeness (QED) is 0.613. The molecule has 1 heterocycles. The normalized spacial score (nSPS) is 17.4. The van der Waals surface area contributed by atoms with E-state index < -0.39 is 0 Å². The number of methoxy groups -OCH3 is 1. The van der Waals surface area contributed by atoms with Gasteiger partial charge in [0.2, 0.25) is 0 Å². The van der Waals surface area contributed by atoms with E-state index >= 15 is 0 Å². The molecule has 1 N–H and O–H groups in total. The monoisotopic (exact) mass is 159 g/mol. The summed E-state index contributed by atoms with van der Waals surface area (Å²) >= 11 is 5.65. The molecule has 10 heavy (non-hydrogen) atoms. The first kappa shape index (κ1) is 7.63. The van der Waals surface area contributed by atoms with Gasteiger partial charge in [0.1, 0.15) is 5.16 Å². The van der Waals surface area contributed by atoms with Crippen LogP contribution < -0.4 is 5.32 Å². The Hall–Kier alpha value is -0.470. The summed E-state index contributed by atoms with van der Waals surface area (Å²) in [7, 11) is 1.68. The predicted molar refractivity (Wildman–Crippen MR) is 41.9 cm³/mol. The molecule has 2 nitrogen and oxygen atoms in total. The van der Waals surface area contributed by atoms with Crippen molar-refractivity contribution < 1.29 is 4.74 Å². The van der Waals surface area contributed by atoms with Gasteiger partial charge in [-0.05, 0) is 11.6 Å². The summed E-state index contributed by atoms with van der Waals surface area (Å²) in [5.41, 5.74) is 1.21. The number of ether oxygens (including phenoxy) is 1. The molecule has 3 heteroatoms. The van der Waals surface area contributed by atoms with Gasteiger partial charge in [0, 0.05) is 13.7 Å². The highest BCUT2D eigenvalue weighted by atomic mass is 35.5. The zero-order chi connectivity index (χ0) is 7.40. The fraction of sp³-hybridized carbons (Fsp3) is 0.429. The third-order valence-electron chi connectivity index (χ3n) is 1.28. The van der Waals surface area contributed by atoms with Crippen molar-refractivity contribution in [1.82, 2.24) is 5.32 Å². The van der Waals surface area contributed by atoms with Gasteiger partial charge in [-0.3, -0.25) is 0 Å². The topological polar surface area (TPSA) is 21.3 Å². The summed E-state index contributed by atoms with van der Waals surface area (Å²) < 4.78 is 4.94. The van der Waals surface area contributed by atoms with Crippen LogP contribution in [0.15, 0.2) is 22.9 Å². The zero-order valence-electron chi connectivity index (χ0n) is 5.86. The van der Waals surface area contributed by atoms with E-state index in [0.29, 0.717) is 11.8 Å². The van der Waals surface area contributed by atoms with Gasteiger partial charge in [-0.15, -0.1) is 0 Å². The molecule has 1 aliphatic heterocycles. The van der Waals surface area contributed by atoms with Crippen LogP contribution in [0.2, 0.25) is 0 Å². The Bertz CT molecular complexity index is 170. The highest BCUT2D eigenvalue weighted by molar-refractivity contribution is 6.29. The van der Waals surface area contributed by atoms with Crippen molar-refractivity contribution in [1.29, 1.82) is 0 Å². The van der Waals surface area contributed by atoms with Crippen LogP contribution in [-0.4, -0.2) is 20.3 Å². The van der Waals surface area contributed by atoms with Crippen LogP contribution in [0.5, 0.6) is 0 Å². The Labute approximate surface area is 65.5 Å². The van der Waals surface area contributed by atoms with E-state index in [1.165, 1.54) is 5.57 Å². The van der Waals surface area contributed by atoms with Crippen molar-refractivity contribution in [2.75, 3.05) is 20.3 Å². The number of hydrogen-bond acceptors (Lipinski definition) is 2. The molecule has 0 fully saturated rings. The lowest BCUT2D eigenvalue weighted by atomic mass is 10.2. The third-order valence-corrected chi connectivity index (χ3v) is 1.54. The maximum atomic E-state index is 5.65. The fourth-order valence-corrected chi connectivity index (χ4v) is 0.921. The van der Waals surface area contributed by atoms with Crippen molar-refractivity contribution in [2.45, 2.75) is 0 Å². The average molecular weight is 160 g/mol. The van der Waals surface area contributed by atoms with Crippen LogP contribution in [0.3, 0.4) is 0 Å². The van der Waals surface area contributed by atoms with E-state index in [0.717, 1.165) is 6.54 Å². The molecule has 0 bridgehead atoms. The van der Waals surface area contributed by atoms with Crippen molar-refractivity contribution >= 4 is 11.6 Å². The second kappa shape index (κ2) is 3.64. The van der Waals surface area contributed by atoms with Crippen LogP contribution in [0.25, 0.3) is 0 Å². The van der Waals surface area contributed by atoms with E-state index in [1.807, 2.05) is 12.2 Å². The molecule has 0 aromatic heterocycles. The zero-order valence-corrected chi connectivity index (χ0v) is 6.61. The molecule has 0 aromatic rings. The molecule has 56 valence electrons. The lowest BCUT2D eigenvalue weighted by Gasteiger charge is -2.11. The average Bonchev–Trinajstić information content (AvgIpc) is 1.95. The van der Waals surface area contributed by atoms with Gasteiger partial charge in [0.05, 0.1) is 6.61 Å². The summed E-state index contributed by atoms with van der Waals surface area (Å²) in [6.07, 6.45) is 3.81. The summed E-state index contributed by atoms with van der Waals surface area (Å²) in [4.78, 5) is 0. The molecular weight excluding hydrogens is 150 g/mol. The molecule has 0 saturated heterocycles. The van der Waals surface area contributed by atoms with Gasteiger partial charge in [0.15, 0.2) is 0 Å². The van der Waals surface area contributed by atoms with E-state index in [-0.39, 0.29) is 0 Å². The lowest BCUT2D eigenvalue weighted by Crippen LogP contribution is -2.18. The van der Waals surface area contributed by atoms with Crippen molar-refractivity contribution in [3.8, 4) is 0 Å². The van der Waals surface area contributed by atoms with Crippen LogP contribution in [0, 0.1) is 0 Å². The molecule has 0 spiro atoms. The number of hydrogen-bond donors (Lipinski definition) is 1. The number of allylic oxidation sites excluding steroid dienone is 2. The molecule has 0 unspecified atom stereocenters. The molecule has 0 atom stereocenters. The fourth-order valence-electron chi connectivity index (χ4n) is 0.791. The minimum atomic E-state index is 0.674. The Kier molecular flexibility index (Phi) is 2.78. The first-order valence-corrected chi connectivity index (χ1v) is 3.49. The van der Waals surface area contributed by atoms with E-state index in [4.69, 9.17) is 16.3 Å².